The van der Waals surface area contributed by atoms with Crippen molar-refractivity contribution in [2.75, 3.05) is 5.32 Å². The lowest BCUT2D eigenvalue weighted by Gasteiger charge is -2.03. The highest BCUT2D eigenvalue weighted by Crippen LogP contribution is 2.17. The molecule has 0 unspecified atom stereocenters. The number of nitrogens with zero attached hydrogens (tertiary/aromatic N) is 2. The molecule has 0 saturated heterocycles. The monoisotopic (exact) mass is 262 g/mol. The van der Waals surface area contributed by atoms with Crippen LogP contribution in [0.5, 0.6) is 0 Å². The van der Waals surface area contributed by atoms with Crippen LogP contribution < -0.4 is 5.32 Å². The summed E-state index contributed by atoms with van der Waals surface area (Å²) in [7, 11) is 0. The SMILES string of the molecule is N#Cc1cccc(NC(=O)c2n[nH]c3ccccc23)c1. The number of benzene rings is 2. The number of carbonyl (C=O) groups is 1. The fourth-order valence-corrected chi connectivity index (χ4v) is 1.99. The molecular weight excluding hydrogens is 252 g/mol. The summed E-state index contributed by atoms with van der Waals surface area (Å²) in [5.41, 5.74) is 2.21. The molecule has 0 radical (unpaired) electrons. The van der Waals surface area contributed by atoms with Crippen LogP contribution in [0.3, 0.4) is 0 Å². The fraction of sp³-hybridized carbons (Fsp3) is 0. The number of fused-ring (bicyclic) bond motifs is 1. The first-order valence-electron chi connectivity index (χ1n) is 6.02. The highest BCUT2D eigenvalue weighted by atomic mass is 16.1. The smallest absolute Gasteiger partial charge is 0.276 e. The van der Waals surface area contributed by atoms with Gasteiger partial charge in [0.25, 0.3) is 5.91 Å². The molecule has 0 aliphatic carbocycles. The Morgan fingerprint density at radius 2 is 2.05 bits per heavy atom. The third-order valence-electron chi connectivity index (χ3n) is 2.93. The summed E-state index contributed by atoms with van der Waals surface area (Å²) in [6.07, 6.45) is 0. The molecule has 0 atom stereocenters. The summed E-state index contributed by atoms with van der Waals surface area (Å²) in [5.74, 6) is -0.308. The standard InChI is InChI=1S/C15H10N4O/c16-9-10-4-3-5-11(8-10)17-15(20)14-12-6-1-2-7-13(12)18-19-14/h1-8H,(H,17,20)(H,18,19). The number of aromatic amines is 1. The Labute approximate surface area is 114 Å². The van der Waals surface area contributed by atoms with E-state index in [9.17, 15) is 4.79 Å². The number of nitriles is 1. The van der Waals surface area contributed by atoms with E-state index in [0.29, 0.717) is 16.9 Å². The molecule has 0 aliphatic heterocycles. The van der Waals surface area contributed by atoms with Crippen LogP contribution in [0.2, 0.25) is 0 Å². The van der Waals surface area contributed by atoms with Gasteiger partial charge in [0, 0.05) is 11.1 Å². The van der Waals surface area contributed by atoms with Crippen molar-refractivity contribution in [3.05, 3.63) is 59.8 Å². The molecule has 20 heavy (non-hydrogen) atoms. The van der Waals surface area contributed by atoms with Gasteiger partial charge < -0.3 is 5.32 Å². The van der Waals surface area contributed by atoms with Crippen molar-refractivity contribution in [1.29, 1.82) is 5.26 Å². The largest absolute Gasteiger partial charge is 0.321 e. The lowest BCUT2D eigenvalue weighted by Crippen LogP contribution is -2.12. The van der Waals surface area contributed by atoms with Crippen molar-refractivity contribution < 1.29 is 4.79 Å². The van der Waals surface area contributed by atoms with Gasteiger partial charge in [-0.15, -0.1) is 0 Å². The first-order valence-corrected chi connectivity index (χ1v) is 6.02. The minimum atomic E-state index is -0.308. The molecule has 0 fully saturated rings. The van der Waals surface area contributed by atoms with E-state index >= 15 is 0 Å². The molecule has 5 nitrogen and oxygen atoms in total. The number of aromatic nitrogens is 2. The number of amides is 1. The van der Waals surface area contributed by atoms with Crippen molar-refractivity contribution in [3.63, 3.8) is 0 Å². The summed E-state index contributed by atoms with van der Waals surface area (Å²) in [6.45, 7) is 0. The molecular formula is C15H10N4O. The molecule has 0 saturated carbocycles. The zero-order valence-electron chi connectivity index (χ0n) is 10.4. The number of para-hydroxylation sites is 1. The van der Waals surface area contributed by atoms with E-state index in [1.165, 1.54) is 0 Å². The van der Waals surface area contributed by atoms with E-state index in [-0.39, 0.29) is 5.91 Å². The van der Waals surface area contributed by atoms with Crippen LogP contribution in [0.4, 0.5) is 5.69 Å². The Morgan fingerprint density at radius 1 is 1.20 bits per heavy atom. The summed E-state index contributed by atoms with van der Waals surface area (Å²) >= 11 is 0. The number of rotatable bonds is 2. The van der Waals surface area contributed by atoms with E-state index in [1.807, 2.05) is 30.3 Å². The molecule has 5 heteroatoms. The first-order chi connectivity index (χ1) is 9.78. The number of H-pyrrole nitrogens is 1. The zero-order valence-corrected chi connectivity index (χ0v) is 10.4. The Balaban J connectivity index is 1.91. The quantitative estimate of drug-likeness (QED) is 0.745. The predicted octanol–water partition coefficient (Wildman–Crippen LogP) is 2.69. The Kier molecular flexibility index (Phi) is 2.90. The third kappa shape index (κ3) is 2.10. The van der Waals surface area contributed by atoms with Gasteiger partial charge in [0.1, 0.15) is 0 Å². The van der Waals surface area contributed by atoms with Gasteiger partial charge in [0.2, 0.25) is 0 Å². The van der Waals surface area contributed by atoms with Gasteiger partial charge in [-0.3, -0.25) is 9.89 Å². The summed E-state index contributed by atoms with van der Waals surface area (Å²) in [6, 6.07) is 16.2. The lowest BCUT2D eigenvalue weighted by molar-refractivity contribution is 0.102. The molecule has 2 N–H and O–H groups in total. The number of carbonyl (C=O) groups excluding carboxylic acids is 1. The Hall–Kier alpha value is -3.13. The van der Waals surface area contributed by atoms with Crippen LogP contribution in [0.1, 0.15) is 16.1 Å². The number of nitrogens with one attached hydrogen (secondary N) is 2. The molecule has 1 aromatic heterocycles. The van der Waals surface area contributed by atoms with Gasteiger partial charge in [0.15, 0.2) is 5.69 Å². The molecule has 2 aromatic carbocycles. The number of hydrogen-bond acceptors (Lipinski definition) is 3. The summed E-state index contributed by atoms with van der Waals surface area (Å²) < 4.78 is 0. The molecule has 3 aromatic rings. The van der Waals surface area contributed by atoms with Crippen LogP contribution in [0.25, 0.3) is 10.9 Å². The second-order valence-corrected chi connectivity index (χ2v) is 4.26. The van der Waals surface area contributed by atoms with Crippen molar-refractivity contribution in [3.8, 4) is 6.07 Å². The van der Waals surface area contributed by atoms with Crippen LogP contribution >= 0.6 is 0 Å². The van der Waals surface area contributed by atoms with E-state index < -0.39 is 0 Å². The van der Waals surface area contributed by atoms with Crippen LogP contribution in [0.15, 0.2) is 48.5 Å². The lowest BCUT2D eigenvalue weighted by atomic mass is 10.2. The molecule has 1 heterocycles. The van der Waals surface area contributed by atoms with Crippen LogP contribution in [-0.4, -0.2) is 16.1 Å². The molecule has 0 bridgehead atoms. The molecule has 0 spiro atoms. The number of hydrogen-bond donors (Lipinski definition) is 2. The van der Waals surface area contributed by atoms with Gasteiger partial charge in [-0.2, -0.15) is 10.4 Å². The van der Waals surface area contributed by atoms with E-state index in [2.05, 4.69) is 15.5 Å². The zero-order chi connectivity index (χ0) is 13.9. The summed E-state index contributed by atoms with van der Waals surface area (Å²) in [4.78, 5) is 12.2. The Bertz CT molecular complexity index is 829. The van der Waals surface area contributed by atoms with Gasteiger partial charge in [-0.25, -0.2) is 0 Å². The fourth-order valence-electron chi connectivity index (χ4n) is 1.99. The predicted molar refractivity (Wildman–Crippen MR) is 75.2 cm³/mol. The van der Waals surface area contributed by atoms with Crippen molar-refractivity contribution in [2.45, 2.75) is 0 Å². The maximum absolute atomic E-state index is 12.2. The van der Waals surface area contributed by atoms with Crippen molar-refractivity contribution in [2.24, 2.45) is 0 Å². The highest BCUT2D eigenvalue weighted by Gasteiger charge is 2.13. The average Bonchev–Trinajstić information content (AvgIpc) is 2.91. The van der Waals surface area contributed by atoms with E-state index in [0.717, 1.165) is 10.9 Å². The molecule has 3 rings (SSSR count). The maximum Gasteiger partial charge on any atom is 0.276 e. The van der Waals surface area contributed by atoms with Crippen molar-refractivity contribution >= 4 is 22.5 Å². The summed E-state index contributed by atoms with van der Waals surface area (Å²) in [5, 5.41) is 19.2. The highest BCUT2D eigenvalue weighted by molar-refractivity contribution is 6.11. The van der Waals surface area contributed by atoms with Crippen molar-refractivity contribution in [1.82, 2.24) is 10.2 Å². The minimum Gasteiger partial charge on any atom is -0.321 e. The topological polar surface area (TPSA) is 81.6 Å². The first kappa shape index (κ1) is 11.9. The van der Waals surface area contributed by atoms with E-state index in [1.54, 1.807) is 24.3 Å². The maximum atomic E-state index is 12.2. The molecule has 96 valence electrons. The average molecular weight is 262 g/mol. The van der Waals surface area contributed by atoms with E-state index in [4.69, 9.17) is 5.26 Å². The minimum absolute atomic E-state index is 0.308. The van der Waals surface area contributed by atoms with Gasteiger partial charge >= 0.3 is 0 Å². The van der Waals surface area contributed by atoms with Crippen LogP contribution in [0, 0.1) is 11.3 Å². The second kappa shape index (κ2) is 4.86. The second-order valence-electron chi connectivity index (χ2n) is 4.26. The molecule has 1 amide bonds. The van der Waals surface area contributed by atoms with Gasteiger partial charge in [0.05, 0.1) is 17.1 Å². The molecule has 0 aliphatic rings. The third-order valence-corrected chi connectivity index (χ3v) is 2.93. The Morgan fingerprint density at radius 3 is 2.90 bits per heavy atom. The van der Waals surface area contributed by atoms with Crippen LogP contribution in [-0.2, 0) is 0 Å². The normalized spacial score (nSPS) is 10.2. The van der Waals surface area contributed by atoms with Gasteiger partial charge in [-0.1, -0.05) is 24.3 Å². The van der Waals surface area contributed by atoms with Gasteiger partial charge in [-0.05, 0) is 24.3 Å². The number of anilines is 1.